The van der Waals surface area contributed by atoms with Gasteiger partial charge < -0.3 is 19.5 Å². The maximum Gasteiger partial charge on any atom is 0.0599 e. The largest absolute Gasteiger partial charge is 0.383 e. The van der Waals surface area contributed by atoms with Crippen LogP contribution in [0.5, 0.6) is 0 Å². The van der Waals surface area contributed by atoms with E-state index < -0.39 is 0 Å². The maximum atomic E-state index is 5.87. The van der Waals surface area contributed by atoms with Crippen LogP contribution in [0.1, 0.15) is 32.1 Å². The Morgan fingerprint density at radius 3 is 2.65 bits per heavy atom. The fourth-order valence-corrected chi connectivity index (χ4v) is 2.21. The Kier molecular flexibility index (Phi) is 8.61. The van der Waals surface area contributed by atoms with Gasteiger partial charge in [-0.15, -0.1) is 0 Å². The lowest BCUT2D eigenvalue weighted by molar-refractivity contribution is -0.0298. The standard InChI is InChI=1S/C13H27NO3/c1-15-10-8-14-7-4-9-17-13-6-3-5-12(11-13)16-2/h12-14H,3-11H2,1-2H3. The predicted octanol–water partition coefficient (Wildman–Crippen LogP) is 1.59. The van der Waals surface area contributed by atoms with Gasteiger partial charge in [-0.2, -0.15) is 0 Å². The van der Waals surface area contributed by atoms with Gasteiger partial charge in [-0.05, 0) is 38.6 Å². The molecule has 2 atom stereocenters. The average molecular weight is 245 g/mol. The van der Waals surface area contributed by atoms with Crippen molar-refractivity contribution in [2.24, 2.45) is 0 Å². The van der Waals surface area contributed by atoms with Gasteiger partial charge in [0.2, 0.25) is 0 Å². The molecule has 0 spiro atoms. The Balaban J connectivity index is 1.91. The van der Waals surface area contributed by atoms with Gasteiger partial charge in [0.1, 0.15) is 0 Å². The Morgan fingerprint density at radius 1 is 1.06 bits per heavy atom. The summed E-state index contributed by atoms with van der Waals surface area (Å²) in [5.41, 5.74) is 0. The van der Waals surface area contributed by atoms with Gasteiger partial charge in [-0.3, -0.25) is 0 Å². The summed E-state index contributed by atoms with van der Waals surface area (Å²) in [4.78, 5) is 0. The summed E-state index contributed by atoms with van der Waals surface area (Å²) in [5, 5.41) is 3.31. The molecular formula is C13H27NO3. The molecule has 0 radical (unpaired) electrons. The number of methoxy groups -OCH3 is 2. The third kappa shape index (κ3) is 6.99. The summed E-state index contributed by atoms with van der Waals surface area (Å²) >= 11 is 0. The molecule has 0 bridgehead atoms. The lowest BCUT2D eigenvalue weighted by Gasteiger charge is -2.28. The van der Waals surface area contributed by atoms with E-state index in [2.05, 4.69) is 5.32 Å². The van der Waals surface area contributed by atoms with E-state index in [9.17, 15) is 0 Å². The van der Waals surface area contributed by atoms with E-state index in [4.69, 9.17) is 14.2 Å². The minimum Gasteiger partial charge on any atom is -0.383 e. The van der Waals surface area contributed by atoms with E-state index in [1.807, 2.05) is 0 Å². The van der Waals surface area contributed by atoms with Gasteiger partial charge in [-0.1, -0.05) is 0 Å². The summed E-state index contributed by atoms with van der Waals surface area (Å²) in [7, 11) is 3.52. The first-order chi connectivity index (χ1) is 8.36. The van der Waals surface area contributed by atoms with E-state index in [-0.39, 0.29) is 0 Å². The molecule has 1 saturated carbocycles. The van der Waals surface area contributed by atoms with Crippen molar-refractivity contribution in [3.63, 3.8) is 0 Å². The van der Waals surface area contributed by atoms with Gasteiger partial charge in [0, 0.05) is 27.4 Å². The first-order valence-corrected chi connectivity index (χ1v) is 6.71. The number of ether oxygens (including phenoxy) is 3. The molecular weight excluding hydrogens is 218 g/mol. The highest BCUT2D eigenvalue weighted by Crippen LogP contribution is 2.22. The Bertz CT molecular complexity index is 178. The Labute approximate surface area is 105 Å². The smallest absolute Gasteiger partial charge is 0.0599 e. The number of rotatable bonds is 9. The molecule has 0 aromatic rings. The predicted molar refractivity (Wildman–Crippen MR) is 68.4 cm³/mol. The van der Waals surface area contributed by atoms with Crippen LogP contribution in [0.3, 0.4) is 0 Å². The first-order valence-electron chi connectivity index (χ1n) is 6.71. The molecule has 1 aliphatic carbocycles. The molecule has 2 unspecified atom stereocenters. The van der Waals surface area contributed by atoms with Crippen molar-refractivity contribution < 1.29 is 14.2 Å². The lowest BCUT2D eigenvalue weighted by Crippen LogP contribution is -2.28. The topological polar surface area (TPSA) is 39.7 Å². The molecule has 0 amide bonds. The number of hydrogen-bond donors (Lipinski definition) is 1. The molecule has 17 heavy (non-hydrogen) atoms. The second-order valence-electron chi connectivity index (χ2n) is 4.61. The van der Waals surface area contributed by atoms with Gasteiger partial charge in [0.25, 0.3) is 0 Å². The molecule has 0 aromatic heterocycles. The van der Waals surface area contributed by atoms with Crippen molar-refractivity contribution in [2.75, 3.05) is 40.5 Å². The second-order valence-corrected chi connectivity index (χ2v) is 4.61. The van der Waals surface area contributed by atoms with Crippen LogP contribution in [-0.2, 0) is 14.2 Å². The number of hydrogen-bond acceptors (Lipinski definition) is 4. The van der Waals surface area contributed by atoms with Gasteiger partial charge in [0.05, 0.1) is 18.8 Å². The molecule has 1 fully saturated rings. The van der Waals surface area contributed by atoms with Gasteiger partial charge in [0.15, 0.2) is 0 Å². The van der Waals surface area contributed by atoms with Crippen LogP contribution in [0, 0.1) is 0 Å². The molecule has 4 nitrogen and oxygen atoms in total. The molecule has 0 heterocycles. The van der Waals surface area contributed by atoms with Crippen LogP contribution < -0.4 is 5.32 Å². The fraction of sp³-hybridized carbons (Fsp3) is 1.00. The van der Waals surface area contributed by atoms with E-state index in [0.29, 0.717) is 12.2 Å². The van der Waals surface area contributed by atoms with E-state index in [1.165, 1.54) is 19.3 Å². The summed E-state index contributed by atoms with van der Waals surface area (Å²) in [6.07, 6.45) is 6.56. The third-order valence-electron chi connectivity index (χ3n) is 3.25. The van der Waals surface area contributed by atoms with Crippen molar-refractivity contribution in [2.45, 2.75) is 44.3 Å². The molecule has 102 valence electrons. The molecule has 1 rings (SSSR count). The molecule has 1 N–H and O–H groups in total. The zero-order valence-electron chi connectivity index (χ0n) is 11.2. The normalized spacial score (nSPS) is 25.1. The van der Waals surface area contributed by atoms with Crippen molar-refractivity contribution in [3.8, 4) is 0 Å². The molecule has 0 aliphatic heterocycles. The Hall–Kier alpha value is -0.160. The summed E-state index contributed by atoms with van der Waals surface area (Å²) in [6, 6.07) is 0. The van der Waals surface area contributed by atoms with Crippen molar-refractivity contribution >= 4 is 0 Å². The molecule has 0 saturated heterocycles. The zero-order chi connectivity index (χ0) is 12.3. The van der Waals surface area contributed by atoms with Crippen LogP contribution in [0.4, 0.5) is 0 Å². The quantitative estimate of drug-likeness (QED) is 0.626. The van der Waals surface area contributed by atoms with Crippen LogP contribution in [0.2, 0.25) is 0 Å². The van der Waals surface area contributed by atoms with Gasteiger partial charge >= 0.3 is 0 Å². The highest BCUT2D eigenvalue weighted by Gasteiger charge is 2.21. The Morgan fingerprint density at radius 2 is 1.88 bits per heavy atom. The van der Waals surface area contributed by atoms with Crippen LogP contribution >= 0.6 is 0 Å². The highest BCUT2D eigenvalue weighted by molar-refractivity contribution is 4.73. The highest BCUT2D eigenvalue weighted by atomic mass is 16.5. The van der Waals surface area contributed by atoms with E-state index in [1.54, 1.807) is 14.2 Å². The van der Waals surface area contributed by atoms with Gasteiger partial charge in [-0.25, -0.2) is 0 Å². The van der Waals surface area contributed by atoms with Crippen LogP contribution in [-0.4, -0.2) is 52.7 Å². The third-order valence-corrected chi connectivity index (χ3v) is 3.25. The van der Waals surface area contributed by atoms with Crippen molar-refractivity contribution in [3.05, 3.63) is 0 Å². The zero-order valence-corrected chi connectivity index (χ0v) is 11.2. The summed E-state index contributed by atoms with van der Waals surface area (Å²) in [6.45, 7) is 3.55. The average Bonchev–Trinajstić information content (AvgIpc) is 2.38. The van der Waals surface area contributed by atoms with Crippen LogP contribution in [0.15, 0.2) is 0 Å². The maximum absolute atomic E-state index is 5.87. The minimum absolute atomic E-state index is 0.410. The lowest BCUT2D eigenvalue weighted by atomic mass is 9.95. The summed E-state index contributed by atoms with van der Waals surface area (Å²) < 4.78 is 16.2. The minimum atomic E-state index is 0.410. The SMILES string of the molecule is COCCNCCCOC1CCCC(OC)C1. The number of nitrogens with one attached hydrogen (secondary N) is 1. The molecule has 0 aromatic carbocycles. The van der Waals surface area contributed by atoms with E-state index in [0.717, 1.165) is 39.1 Å². The second kappa shape index (κ2) is 9.83. The summed E-state index contributed by atoms with van der Waals surface area (Å²) in [5.74, 6) is 0. The fourth-order valence-electron chi connectivity index (χ4n) is 2.21. The molecule has 1 aliphatic rings. The molecule has 4 heteroatoms. The van der Waals surface area contributed by atoms with Crippen molar-refractivity contribution in [1.82, 2.24) is 5.32 Å². The first kappa shape index (κ1) is 14.9. The van der Waals surface area contributed by atoms with E-state index >= 15 is 0 Å². The van der Waals surface area contributed by atoms with Crippen LogP contribution in [0.25, 0.3) is 0 Å². The van der Waals surface area contributed by atoms with Crippen molar-refractivity contribution in [1.29, 1.82) is 0 Å². The monoisotopic (exact) mass is 245 g/mol.